The van der Waals surface area contributed by atoms with E-state index in [1.807, 2.05) is 59.7 Å². The molecule has 0 bridgehead atoms. The van der Waals surface area contributed by atoms with E-state index < -0.39 is 0 Å². The maximum atomic E-state index is 11.4. The number of hydrogen-bond acceptors (Lipinski definition) is 2. The van der Waals surface area contributed by atoms with Gasteiger partial charge in [-0.1, -0.05) is 61.8 Å². The molecule has 0 fully saturated rings. The van der Waals surface area contributed by atoms with Crippen LogP contribution >= 0.6 is 15.9 Å². The van der Waals surface area contributed by atoms with Crippen LogP contribution < -0.4 is 0 Å². The predicted molar refractivity (Wildman–Crippen MR) is 82.4 cm³/mol. The molecule has 0 saturated heterocycles. The van der Waals surface area contributed by atoms with E-state index in [2.05, 4.69) is 15.9 Å². The van der Waals surface area contributed by atoms with E-state index in [1.165, 1.54) is 7.11 Å². The van der Waals surface area contributed by atoms with Crippen LogP contribution in [0.3, 0.4) is 0 Å². The van der Waals surface area contributed by atoms with Gasteiger partial charge in [0.1, 0.15) is 0 Å². The second kappa shape index (κ2) is 10.1. The Hall–Kier alpha value is -0.830. The van der Waals surface area contributed by atoms with Crippen molar-refractivity contribution in [1.29, 1.82) is 0 Å². The second-order valence-electron chi connectivity index (χ2n) is 3.51. The third-order valence-corrected chi connectivity index (χ3v) is 2.40. The van der Waals surface area contributed by atoms with Gasteiger partial charge in [-0.25, -0.2) is 4.79 Å². The van der Waals surface area contributed by atoms with Crippen LogP contribution in [0, 0.1) is 0 Å². The maximum absolute atomic E-state index is 11.4. The Kier molecular flexibility index (Phi) is 11.0. The number of benzene rings is 1. The van der Waals surface area contributed by atoms with Gasteiger partial charge in [-0.2, -0.15) is 0 Å². The average Bonchev–Trinajstić information content (AvgIpc) is 2.41. The fraction of sp³-hybridized carbons (Fsp3) is 0.533. The van der Waals surface area contributed by atoms with E-state index in [1.54, 1.807) is 6.07 Å². The second-order valence-corrected chi connectivity index (χ2v) is 5.49. The van der Waals surface area contributed by atoms with Crippen molar-refractivity contribution >= 4 is 21.9 Å². The molecule has 0 saturated carbocycles. The smallest absolute Gasteiger partial charge is 0.338 e. The monoisotopic (exact) mass is 316 g/mol. The molecule has 0 atom stereocenters. The number of hydrogen-bond donors (Lipinski definition) is 0. The summed E-state index contributed by atoms with van der Waals surface area (Å²) in [7, 11) is 1.39. The van der Waals surface area contributed by atoms with E-state index in [0.717, 1.165) is 5.56 Å². The number of esters is 1. The highest BCUT2D eigenvalue weighted by atomic mass is 79.9. The molecule has 3 heteroatoms. The van der Waals surface area contributed by atoms with Gasteiger partial charge in [0.15, 0.2) is 0 Å². The first-order valence-electron chi connectivity index (χ1n) is 6.33. The number of alkyl halides is 1. The van der Waals surface area contributed by atoms with Crippen LogP contribution in [0.15, 0.2) is 24.3 Å². The van der Waals surface area contributed by atoms with Crippen LogP contribution in [0.2, 0.25) is 0 Å². The van der Waals surface area contributed by atoms with Crippen LogP contribution in [0.5, 0.6) is 0 Å². The largest absolute Gasteiger partial charge is 0.465 e. The standard InChI is InChI=1S/C11H13BrO2.2C2H6/c1-11(2,12)9-7-5-4-6-8(9)10(13)14-3;2*1-2/h4-7H,1-3H3;2*1-2H3. The molecule has 0 aliphatic carbocycles. The van der Waals surface area contributed by atoms with Crippen molar-refractivity contribution in [3.8, 4) is 0 Å². The van der Waals surface area contributed by atoms with E-state index in [4.69, 9.17) is 4.74 Å². The number of carbonyl (C=O) groups excluding carboxylic acids is 1. The molecule has 0 amide bonds. The summed E-state index contributed by atoms with van der Waals surface area (Å²) in [6.45, 7) is 12.0. The van der Waals surface area contributed by atoms with Crippen LogP contribution in [0.1, 0.15) is 57.5 Å². The Balaban J connectivity index is 0. The van der Waals surface area contributed by atoms with E-state index in [9.17, 15) is 4.79 Å². The summed E-state index contributed by atoms with van der Waals surface area (Å²) in [6, 6.07) is 7.42. The molecular weight excluding hydrogens is 292 g/mol. The number of halogens is 1. The van der Waals surface area contributed by atoms with Gasteiger partial charge in [0.2, 0.25) is 0 Å². The molecular formula is C15H25BrO2. The van der Waals surface area contributed by atoms with Crippen molar-refractivity contribution in [2.45, 2.75) is 45.9 Å². The van der Waals surface area contributed by atoms with Crippen LogP contribution in [-0.2, 0) is 9.06 Å². The maximum Gasteiger partial charge on any atom is 0.338 e. The number of rotatable bonds is 2. The third-order valence-electron chi connectivity index (χ3n) is 1.97. The van der Waals surface area contributed by atoms with Gasteiger partial charge in [0.05, 0.1) is 12.7 Å². The van der Waals surface area contributed by atoms with Crippen LogP contribution in [0.25, 0.3) is 0 Å². The molecule has 2 nitrogen and oxygen atoms in total. The lowest BCUT2D eigenvalue weighted by Gasteiger charge is -2.19. The van der Waals surface area contributed by atoms with Gasteiger partial charge in [-0.3, -0.25) is 0 Å². The van der Waals surface area contributed by atoms with E-state index in [-0.39, 0.29) is 10.3 Å². The quantitative estimate of drug-likeness (QED) is 0.556. The zero-order valence-electron chi connectivity index (χ0n) is 12.5. The topological polar surface area (TPSA) is 26.3 Å². The lowest BCUT2D eigenvalue weighted by Crippen LogP contribution is -2.14. The van der Waals surface area contributed by atoms with Gasteiger partial charge in [0.25, 0.3) is 0 Å². The highest BCUT2D eigenvalue weighted by Gasteiger charge is 2.22. The molecule has 0 radical (unpaired) electrons. The highest BCUT2D eigenvalue weighted by Crippen LogP contribution is 2.32. The molecule has 1 aromatic rings. The zero-order chi connectivity index (χ0) is 14.8. The number of ether oxygens (including phenoxy) is 1. The van der Waals surface area contributed by atoms with Crippen LogP contribution in [0.4, 0.5) is 0 Å². The SMILES string of the molecule is CC.CC.COC(=O)c1ccccc1C(C)(C)Br. The zero-order valence-corrected chi connectivity index (χ0v) is 14.1. The van der Waals surface area contributed by atoms with Crippen molar-refractivity contribution in [2.75, 3.05) is 7.11 Å². The van der Waals surface area contributed by atoms with E-state index in [0.29, 0.717) is 5.56 Å². The Morgan fingerprint density at radius 2 is 1.56 bits per heavy atom. The molecule has 0 aromatic heterocycles. The third kappa shape index (κ3) is 6.20. The summed E-state index contributed by atoms with van der Waals surface area (Å²) in [4.78, 5) is 11.4. The first kappa shape index (κ1) is 19.5. The normalized spacial score (nSPS) is 9.33. The minimum absolute atomic E-state index is 0.224. The lowest BCUT2D eigenvalue weighted by molar-refractivity contribution is 0.0599. The van der Waals surface area contributed by atoms with Gasteiger partial charge < -0.3 is 4.74 Å². The first-order valence-corrected chi connectivity index (χ1v) is 7.13. The summed E-state index contributed by atoms with van der Waals surface area (Å²) in [6.07, 6.45) is 0. The predicted octanol–water partition coefficient (Wildman–Crippen LogP) is 5.16. The Labute approximate surface area is 120 Å². The minimum Gasteiger partial charge on any atom is -0.465 e. The molecule has 0 spiro atoms. The summed E-state index contributed by atoms with van der Waals surface area (Å²) in [5, 5.41) is 0. The summed E-state index contributed by atoms with van der Waals surface area (Å²) >= 11 is 3.53. The fourth-order valence-corrected chi connectivity index (χ4v) is 1.64. The van der Waals surface area contributed by atoms with Crippen molar-refractivity contribution in [1.82, 2.24) is 0 Å². The molecule has 0 heterocycles. The molecule has 104 valence electrons. The van der Waals surface area contributed by atoms with Gasteiger partial charge in [0, 0.05) is 4.32 Å². The number of methoxy groups -OCH3 is 1. The van der Waals surface area contributed by atoms with Crippen molar-refractivity contribution in [3.63, 3.8) is 0 Å². The molecule has 0 N–H and O–H groups in total. The van der Waals surface area contributed by atoms with Crippen molar-refractivity contribution in [2.24, 2.45) is 0 Å². The van der Waals surface area contributed by atoms with Crippen LogP contribution in [-0.4, -0.2) is 13.1 Å². The lowest BCUT2D eigenvalue weighted by atomic mass is 9.97. The van der Waals surface area contributed by atoms with Crippen molar-refractivity contribution < 1.29 is 9.53 Å². The highest BCUT2D eigenvalue weighted by molar-refractivity contribution is 9.09. The Morgan fingerprint density at radius 1 is 1.11 bits per heavy atom. The summed E-state index contributed by atoms with van der Waals surface area (Å²) in [5.41, 5.74) is 1.55. The minimum atomic E-state index is -0.298. The Bertz CT molecular complexity index is 341. The molecule has 18 heavy (non-hydrogen) atoms. The molecule has 0 unspecified atom stereocenters. The number of carbonyl (C=O) groups is 1. The van der Waals surface area contributed by atoms with E-state index >= 15 is 0 Å². The molecule has 1 aromatic carbocycles. The van der Waals surface area contributed by atoms with Gasteiger partial charge >= 0.3 is 5.97 Å². The fourth-order valence-electron chi connectivity index (χ4n) is 1.29. The molecule has 0 aliphatic heterocycles. The average molecular weight is 317 g/mol. The molecule has 1 rings (SSSR count). The molecule has 0 aliphatic rings. The Morgan fingerprint density at radius 3 is 1.94 bits per heavy atom. The van der Waals surface area contributed by atoms with Gasteiger partial charge in [-0.05, 0) is 25.5 Å². The van der Waals surface area contributed by atoms with Gasteiger partial charge in [-0.15, -0.1) is 0 Å². The van der Waals surface area contributed by atoms with Crippen molar-refractivity contribution in [3.05, 3.63) is 35.4 Å². The summed E-state index contributed by atoms with van der Waals surface area (Å²) < 4.78 is 4.49. The first-order chi connectivity index (χ1) is 8.46. The summed E-state index contributed by atoms with van der Waals surface area (Å²) in [5.74, 6) is -0.298.